The van der Waals surface area contributed by atoms with E-state index in [4.69, 9.17) is 0 Å². The van der Waals surface area contributed by atoms with Crippen LogP contribution < -0.4 is 0 Å². The molecule has 1 aromatic rings. The number of hydrogen-bond donors (Lipinski definition) is 0. The quantitative estimate of drug-likeness (QED) is 0.245. The van der Waals surface area contributed by atoms with Crippen LogP contribution >= 0.6 is 11.8 Å². The van der Waals surface area contributed by atoms with Gasteiger partial charge in [-0.25, -0.2) is 0 Å². The molecule has 7 atom stereocenters. The van der Waals surface area contributed by atoms with Crippen molar-refractivity contribution in [3.8, 4) is 0 Å². The molecule has 3 fully saturated rings. The van der Waals surface area contributed by atoms with E-state index in [9.17, 15) is 4.79 Å². The van der Waals surface area contributed by atoms with E-state index in [2.05, 4.69) is 26.8 Å². The molecule has 0 unspecified atom stereocenters. The van der Waals surface area contributed by atoms with Gasteiger partial charge in [0.1, 0.15) is 0 Å². The van der Waals surface area contributed by atoms with E-state index in [0.717, 1.165) is 35.7 Å². The van der Waals surface area contributed by atoms with E-state index in [1.54, 1.807) is 17.3 Å². The molecule has 0 bridgehead atoms. The molecule has 0 N–H and O–H groups in total. The summed E-state index contributed by atoms with van der Waals surface area (Å²) >= 11 is 1.61. The van der Waals surface area contributed by atoms with Crippen molar-refractivity contribution in [2.75, 3.05) is 0 Å². The number of carbonyl (C=O) groups excluding carboxylic acids is 1. The average Bonchev–Trinajstić information content (AvgIpc) is 3.23. The number of carbonyl (C=O) groups is 1. The van der Waals surface area contributed by atoms with E-state index in [1.165, 1.54) is 89.9 Å². The number of hydrogen-bond acceptors (Lipinski definition) is 2. The van der Waals surface area contributed by atoms with Crippen molar-refractivity contribution in [2.24, 2.45) is 34.5 Å². The molecule has 0 radical (unpaired) electrons. The number of thioether (sulfide) groups is 1. The molecule has 0 amide bonds. The second-order valence-electron chi connectivity index (χ2n) is 13.3. The van der Waals surface area contributed by atoms with Crippen molar-refractivity contribution >= 4 is 16.9 Å². The summed E-state index contributed by atoms with van der Waals surface area (Å²) in [7, 11) is 0. The van der Waals surface area contributed by atoms with Gasteiger partial charge in [-0.1, -0.05) is 113 Å². The summed E-state index contributed by atoms with van der Waals surface area (Å²) < 4.78 is 0. The van der Waals surface area contributed by atoms with Gasteiger partial charge in [0.05, 0.1) is 0 Å². The fourth-order valence-electron chi connectivity index (χ4n) is 9.28. The second-order valence-corrected chi connectivity index (χ2v) is 14.5. The summed E-state index contributed by atoms with van der Waals surface area (Å²) in [5.74, 6) is 3.70. The molecule has 4 aliphatic carbocycles. The molecule has 3 saturated carbocycles. The summed E-state index contributed by atoms with van der Waals surface area (Å²) in [6.45, 7) is 7.63. The zero-order chi connectivity index (χ0) is 25.2. The van der Waals surface area contributed by atoms with Gasteiger partial charge in [-0.2, -0.15) is 0 Å². The lowest BCUT2D eigenvalue weighted by Crippen LogP contribution is -2.50. The van der Waals surface area contributed by atoms with Crippen LogP contribution in [0.4, 0.5) is 0 Å². The van der Waals surface area contributed by atoms with Crippen molar-refractivity contribution in [3.05, 3.63) is 47.5 Å². The summed E-state index contributed by atoms with van der Waals surface area (Å²) in [6.07, 6.45) is 23.6. The monoisotopic (exact) mass is 506 g/mol. The molecule has 4 aliphatic rings. The van der Waals surface area contributed by atoms with E-state index < -0.39 is 0 Å². The molecule has 2 heteroatoms. The van der Waals surface area contributed by atoms with Crippen molar-refractivity contribution < 1.29 is 4.79 Å². The van der Waals surface area contributed by atoms with Crippen LogP contribution in [0.25, 0.3) is 0 Å². The SMILES string of the molecule is CCCCCCCC[C@H]1CC[C@H]2[C@@H]3CC=C4C[C@@H](SC(=O)c5ccccc5)CC[C@]4(C)[C@H]3CC[C@]12C. The smallest absolute Gasteiger partial charge is 0.219 e. The van der Waals surface area contributed by atoms with Gasteiger partial charge in [-0.15, -0.1) is 0 Å². The highest BCUT2D eigenvalue weighted by atomic mass is 32.2. The molecule has 0 heterocycles. The normalized spacial score (nSPS) is 37.5. The highest BCUT2D eigenvalue weighted by Crippen LogP contribution is 2.67. The highest BCUT2D eigenvalue weighted by molar-refractivity contribution is 8.14. The van der Waals surface area contributed by atoms with Crippen LogP contribution in [0.1, 0.15) is 127 Å². The Balaban J connectivity index is 1.20. The number of unbranched alkanes of at least 4 members (excludes halogenated alkanes) is 5. The van der Waals surface area contributed by atoms with Crippen LogP contribution in [0.3, 0.4) is 0 Å². The Bertz CT molecular complexity index is 920. The maximum absolute atomic E-state index is 12.9. The molecule has 1 aromatic carbocycles. The van der Waals surface area contributed by atoms with Crippen LogP contribution in [-0.2, 0) is 0 Å². The number of benzene rings is 1. The minimum atomic E-state index is 0.259. The average molecular weight is 507 g/mol. The van der Waals surface area contributed by atoms with Crippen molar-refractivity contribution in [2.45, 2.75) is 122 Å². The first-order valence-electron chi connectivity index (χ1n) is 15.4. The third kappa shape index (κ3) is 5.14. The standard InChI is InChI=1S/C34H50OS/c1-4-5-6-7-8-12-15-26-17-19-30-29-18-16-27-24-28(36-32(35)25-13-10-9-11-14-25)20-22-34(27,3)31(29)21-23-33(26,30)2/h9-11,13-14,16,26,28-31H,4-8,12,15,17-24H2,1-3H3/t26-,28-,29-,30-,31-,33+,34-/m0/s1. The topological polar surface area (TPSA) is 17.1 Å². The van der Waals surface area contributed by atoms with Crippen LogP contribution in [0.5, 0.6) is 0 Å². The van der Waals surface area contributed by atoms with Crippen LogP contribution in [0.2, 0.25) is 0 Å². The predicted octanol–water partition coefficient (Wildman–Crippen LogP) is 10.3. The Labute approximate surface area is 225 Å². The Morgan fingerprint density at radius 3 is 2.50 bits per heavy atom. The molecular weight excluding hydrogens is 456 g/mol. The third-order valence-electron chi connectivity index (χ3n) is 11.4. The molecule has 36 heavy (non-hydrogen) atoms. The minimum absolute atomic E-state index is 0.259. The fourth-order valence-corrected chi connectivity index (χ4v) is 10.3. The molecular formula is C34H50OS. The highest BCUT2D eigenvalue weighted by Gasteiger charge is 2.58. The van der Waals surface area contributed by atoms with Crippen molar-refractivity contribution in [3.63, 3.8) is 0 Å². The van der Waals surface area contributed by atoms with Crippen LogP contribution in [-0.4, -0.2) is 10.4 Å². The first-order valence-corrected chi connectivity index (χ1v) is 16.3. The predicted molar refractivity (Wildman–Crippen MR) is 155 cm³/mol. The van der Waals surface area contributed by atoms with E-state index in [0.29, 0.717) is 16.1 Å². The van der Waals surface area contributed by atoms with E-state index in [-0.39, 0.29) is 5.12 Å². The van der Waals surface area contributed by atoms with Gasteiger partial charge < -0.3 is 0 Å². The van der Waals surface area contributed by atoms with E-state index in [1.807, 2.05) is 30.3 Å². The van der Waals surface area contributed by atoms with Crippen molar-refractivity contribution in [1.82, 2.24) is 0 Å². The lowest BCUT2D eigenvalue weighted by Gasteiger charge is -2.58. The summed E-state index contributed by atoms with van der Waals surface area (Å²) in [5.41, 5.74) is 3.55. The molecule has 0 spiro atoms. The van der Waals surface area contributed by atoms with Gasteiger partial charge in [-0.05, 0) is 92.3 Å². The number of rotatable bonds is 9. The summed E-state index contributed by atoms with van der Waals surface area (Å²) in [5, 5.41) is 0.713. The second kappa shape index (κ2) is 11.4. The van der Waals surface area contributed by atoms with E-state index >= 15 is 0 Å². The van der Waals surface area contributed by atoms with Gasteiger partial charge in [0.15, 0.2) is 0 Å². The molecule has 1 nitrogen and oxygen atoms in total. The molecule has 0 aromatic heterocycles. The number of allylic oxidation sites excluding steroid dienone is 2. The zero-order valence-electron chi connectivity index (χ0n) is 23.3. The first kappa shape index (κ1) is 26.6. The largest absolute Gasteiger partial charge is 0.282 e. The fraction of sp³-hybridized carbons (Fsp3) is 0.735. The minimum Gasteiger partial charge on any atom is -0.282 e. The van der Waals surface area contributed by atoms with Crippen molar-refractivity contribution in [1.29, 1.82) is 0 Å². The summed E-state index contributed by atoms with van der Waals surface area (Å²) in [6, 6.07) is 9.88. The van der Waals surface area contributed by atoms with Crippen LogP contribution in [0.15, 0.2) is 42.0 Å². The zero-order valence-corrected chi connectivity index (χ0v) is 24.1. The van der Waals surface area contributed by atoms with Gasteiger partial charge in [0.2, 0.25) is 5.12 Å². The molecule has 198 valence electrons. The maximum atomic E-state index is 12.9. The lowest BCUT2D eigenvalue weighted by molar-refractivity contribution is -0.0421. The number of fused-ring (bicyclic) bond motifs is 5. The molecule has 5 rings (SSSR count). The molecule has 0 aliphatic heterocycles. The van der Waals surface area contributed by atoms with Gasteiger partial charge in [0.25, 0.3) is 0 Å². The van der Waals surface area contributed by atoms with Gasteiger partial charge >= 0.3 is 0 Å². The first-order chi connectivity index (χ1) is 17.5. The summed E-state index contributed by atoms with van der Waals surface area (Å²) in [4.78, 5) is 12.9. The maximum Gasteiger partial charge on any atom is 0.219 e. The molecule has 0 saturated heterocycles. The Morgan fingerprint density at radius 1 is 0.917 bits per heavy atom. The Morgan fingerprint density at radius 2 is 1.69 bits per heavy atom. The van der Waals surface area contributed by atoms with Gasteiger partial charge in [-0.3, -0.25) is 4.79 Å². The van der Waals surface area contributed by atoms with Gasteiger partial charge in [0, 0.05) is 10.8 Å². The van der Waals surface area contributed by atoms with Crippen LogP contribution in [0, 0.1) is 34.5 Å². The third-order valence-corrected chi connectivity index (χ3v) is 12.6. The lowest BCUT2D eigenvalue weighted by atomic mass is 9.47. The Kier molecular flexibility index (Phi) is 8.41. The Hall–Kier alpha value is -1.02.